The van der Waals surface area contributed by atoms with Crippen LogP contribution in [0.4, 0.5) is 0 Å². The Morgan fingerprint density at radius 1 is 1.71 bits per heavy atom. The average Bonchev–Trinajstić information content (AvgIpc) is 1.69. The molecule has 3 nitrogen and oxygen atoms in total. The van der Waals surface area contributed by atoms with Crippen molar-refractivity contribution in [3.63, 3.8) is 0 Å². The first kappa shape index (κ1) is 5.61. The van der Waals surface area contributed by atoms with Gasteiger partial charge in [-0.1, -0.05) is 0 Å². The van der Waals surface area contributed by atoms with E-state index in [0.717, 1.165) is 12.3 Å². The molecule has 0 rings (SSSR count). The van der Waals surface area contributed by atoms with Gasteiger partial charge in [-0.2, -0.15) is 10.3 Å². The van der Waals surface area contributed by atoms with Gasteiger partial charge in [-0.3, -0.25) is 0 Å². The van der Waals surface area contributed by atoms with E-state index < -0.39 is 0 Å². The minimum atomic E-state index is 1.08. The molecule has 0 unspecified atom stereocenters. The molecule has 0 bridgehead atoms. The largest absolute Gasteiger partial charge is 0.239 e. The van der Waals surface area contributed by atoms with Gasteiger partial charge in [0.25, 0.3) is 0 Å². The van der Waals surface area contributed by atoms with Crippen molar-refractivity contribution in [2.75, 3.05) is 0 Å². The first-order valence-electron chi connectivity index (χ1n) is 1.53. The molecule has 0 saturated heterocycles. The molecule has 0 aromatic carbocycles. The Kier molecular flexibility index (Phi) is 3.69. The molecule has 0 N–H and O–H groups in total. The molecule has 0 saturated carbocycles. The number of hydrogen-bond acceptors (Lipinski definition) is 3. The summed E-state index contributed by atoms with van der Waals surface area (Å²) in [6.45, 7) is 0. The van der Waals surface area contributed by atoms with Gasteiger partial charge >= 0.3 is 0 Å². The average molecular weight is 94.1 g/mol. The fourth-order valence-electron chi connectivity index (χ4n) is 0.101. The van der Waals surface area contributed by atoms with Crippen LogP contribution in [0.25, 0.3) is 0 Å². The summed E-state index contributed by atoms with van der Waals surface area (Å²) in [6, 6.07) is 1.65. The number of allylic oxidation sites excluding steroid dienone is 1. The Labute approximate surface area is 40.6 Å². The summed E-state index contributed by atoms with van der Waals surface area (Å²) in [5.41, 5.74) is 0. The maximum Gasteiger partial charge on any atom is 0.239 e. The van der Waals surface area contributed by atoms with E-state index in [4.69, 9.17) is 5.26 Å². The molecule has 7 heavy (non-hydrogen) atoms. The number of hydrogen-bond donors (Lipinski definition) is 0. The van der Waals surface area contributed by atoms with Gasteiger partial charge in [0.2, 0.25) is 6.08 Å². The van der Waals surface area contributed by atoms with E-state index >= 15 is 0 Å². The lowest BCUT2D eigenvalue weighted by molar-refractivity contribution is 0.565. The molecule has 3 heteroatoms. The highest BCUT2D eigenvalue weighted by atomic mass is 16.1. The number of nitriles is 1. The highest BCUT2D eigenvalue weighted by Gasteiger charge is 1.55. The van der Waals surface area contributed by atoms with E-state index in [2.05, 4.69) is 4.99 Å². The van der Waals surface area contributed by atoms with Crippen LogP contribution in [0.15, 0.2) is 17.3 Å². The molecule has 0 aromatic rings. The van der Waals surface area contributed by atoms with Crippen molar-refractivity contribution >= 4 is 6.08 Å². The van der Waals surface area contributed by atoms with E-state index in [1.807, 2.05) is 0 Å². The van der Waals surface area contributed by atoms with E-state index in [0.29, 0.717) is 0 Å². The number of aliphatic imine (C=N–C) groups is 1. The zero-order chi connectivity index (χ0) is 5.54. The molecule has 0 heterocycles. The van der Waals surface area contributed by atoms with E-state index in [-0.39, 0.29) is 0 Å². The van der Waals surface area contributed by atoms with Crippen LogP contribution in [0.5, 0.6) is 0 Å². The first-order chi connectivity index (χ1) is 3.41. The van der Waals surface area contributed by atoms with Gasteiger partial charge in [0.1, 0.15) is 0 Å². The highest BCUT2D eigenvalue weighted by molar-refractivity contribution is 5.34. The second kappa shape index (κ2) is 4.61. The zero-order valence-electron chi connectivity index (χ0n) is 3.46. The van der Waals surface area contributed by atoms with Crippen LogP contribution in [-0.4, -0.2) is 6.08 Å². The predicted molar refractivity (Wildman–Crippen MR) is 22.9 cm³/mol. The Bertz CT molecular complexity index is 148. The molecule has 0 spiro atoms. The van der Waals surface area contributed by atoms with E-state index in [9.17, 15) is 4.79 Å². The normalized spacial score (nSPS) is 7.29. The van der Waals surface area contributed by atoms with Crippen molar-refractivity contribution in [1.82, 2.24) is 0 Å². The lowest BCUT2D eigenvalue weighted by atomic mass is 10.7. The first-order valence-corrected chi connectivity index (χ1v) is 1.53. The number of rotatable bonds is 1. The molecule has 0 radical (unpaired) electrons. The summed E-state index contributed by atoms with van der Waals surface area (Å²) < 4.78 is 0. The summed E-state index contributed by atoms with van der Waals surface area (Å²) >= 11 is 0. The second-order valence-electron chi connectivity index (χ2n) is 0.665. The van der Waals surface area contributed by atoms with Gasteiger partial charge in [0, 0.05) is 6.08 Å². The predicted octanol–water partition coefficient (Wildman–Crippen LogP) is 0.359. The maximum atomic E-state index is 9.23. The van der Waals surface area contributed by atoms with Crippen LogP contribution in [0.3, 0.4) is 0 Å². The zero-order valence-corrected chi connectivity index (χ0v) is 3.46. The molecule has 0 fully saturated rings. The summed E-state index contributed by atoms with van der Waals surface area (Å²) in [7, 11) is 0. The fraction of sp³-hybridized carbons (Fsp3) is 0. The number of isocyanates is 1. The molecular formula is C4H2N2O. The van der Waals surface area contributed by atoms with Crippen molar-refractivity contribution in [1.29, 1.82) is 5.26 Å². The van der Waals surface area contributed by atoms with Crippen LogP contribution in [0.1, 0.15) is 0 Å². The smallest absolute Gasteiger partial charge is 0.211 e. The fourth-order valence-corrected chi connectivity index (χ4v) is 0.101. The molecule has 0 aliphatic rings. The van der Waals surface area contributed by atoms with Gasteiger partial charge in [-0.25, -0.2) is 4.79 Å². The molecule has 0 aromatic heterocycles. The van der Waals surface area contributed by atoms with Crippen LogP contribution >= 0.6 is 0 Å². The van der Waals surface area contributed by atoms with Crippen LogP contribution < -0.4 is 0 Å². The van der Waals surface area contributed by atoms with Crippen molar-refractivity contribution in [3.05, 3.63) is 12.3 Å². The highest BCUT2D eigenvalue weighted by Crippen LogP contribution is 1.65. The van der Waals surface area contributed by atoms with Gasteiger partial charge in [-0.05, 0) is 0 Å². The van der Waals surface area contributed by atoms with E-state index in [1.54, 1.807) is 6.07 Å². The third-order valence-corrected chi connectivity index (χ3v) is 0.276. The minimum Gasteiger partial charge on any atom is -0.211 e. The van der Waals surface area contributed by atoms with Gasteiger partial charge < -0.3 is 0 Å². The van der Waals surface area contributed by atoms with Crippen LogP contribution in [0.2, 0.25) is 0 Å². The summed E-state index contributed by atoms with van der Waals surface area (Å²) in [4.78, 5) is 12.2. The van der Waals surface area contributed by atoms with Gasteiger partial charge in [0.15, 0.2) is 0 Å². The quantitative estimate of drug-likeness (QED) is 0.267. The standard InChI is InChI=1S/C4H2N2O/c5-2-1-3-6-4-7/h1,3H/b3-1+. The van der Waals surface area contributed by atoms with Crippen molar-refractivity contribution in [2.45, 2.75) is 0 Å². The number of carbonyl (C=O) groups excluding carboxylic acids is 1. The Morgan fingerprint density at radius 2 is 2.43 bits per heavy atom. The lowest BCUT2D eigenvalue weighted by Crippen LogP contribution is -1.45. The maximum absolute atomic E-state index is 9.23. The van der Waals surface area contributed by atoms with Crippen LogP contribution in [-0.2, 0) is 4.79 Å². The monoisotopic (exact) mass is 94.0 g/mol. The molecular weight excluding hydrogens is 92.1 g/mol. The molecule has 0 amide bonds. The summed E-state index contributed by atoms with van der Waals surface area (Å²) in [6.07, 6.45) is 3.40. The van der Waals surface area contributed by atoms with Gasteiger partial charge in [0.05, 0.1) is 12.3 Å². The Hall–Kier alpha value is -1.39. The molecule has 0 aliphatic heterocycles. The molecule has 34 valence electrons. The topological polar surface area (TPSA) is 53.2 Å². The van der Waals surface area contributed by atoms with Crippen LogP contribution in [0, 0.1) is 11.3 Å². The summed E-state index contributed by atoms with van der Waals surface area (Å²) in [5, 5.41) is 7.77. The lowest BCUT2D eigenvalue weighted by Gasteiger charge is -1.54. The molecule has 0 atom stereocenters. The SMILES string of the molecule is N#C/C=C/N=C=O. The second-order valence-corrected chi connectivity index (χ2v) is 0.665. The van der Waals surface area contributed by atoms with Crippen molar-refractivity contribution in [2.24, 2.45) is 4.99 Å². The van der Waals surface area contributed by atoms with Crippen molar-refractivity contribution < 1.29 is 4.79 Å². The Balaban J connectivity index is 3.54. The van der Waals surface area contributed by atoms with E-state index in [1.165, 1.54) is 6.08 Å². The van der Waals surface area contributed by atoms with Crippen molar-refractivity contribution in [3.8, 4) is 6.07 Å². The molecule has 0 aliphatic carbocycles. The minimum absolute atomic E-state index is 1.08. The third-order valence-electron chi connectivity index (χ3n) is 0.276. The number of nitrogens with zero attached hydrogens (tertiary/aromatic N) is 2. The van der Waals surface area contributed by atoms with Gasteiger partial charge in [-0.15, -0.1) is 0 Å². The summed E-state index contributed by atoms with van der Waals surface area (Å²) in [5.74, 6) is 0. The third kappa shape index (κ3) is 4.61. The Morgan fingerprint density at radius 3 is 2.86 bits per heavy atom.